The van der Waals surface area contributed by atoms with Gasteiger partial charge in [0.1, 0.15) is 10.9 Å². The summed E-state index contributed by atoms with van der Waals surface area (Å²) in [5, 5.41) is 3.05. The highest BCUT2D eigenvalue weighted by atomic mass is 35.5. The van der Waals surface area contributed by atoms with Crippen LogP contribution < -0.4 is 5.56 Å². The largest absolute Gasteiger partial charge is 0.464 e. The molecule has 1 atom stereocenters. The van der Waals surface area contributed by atoms with Gasteiger partial charge in [0.25, 0.3) is 5.56 Å². The third-order valence-electron chi connectivity index (χ3n) is 4.12. The fourth-order valence-corrected chi connectivity index (χ4v) is 3.82. The van der Waals surface area contributed by atoms with E-state index in [-0.39, 0.29) is 5.56 Å². The van der Waals surface area contributed by atoms with Gasteiger partial charge in [-0.15, -0.1) is 11.3 Å². The van der Waals surface area contributed by atoms with E-state index in [1.54, 1.807) is 12.1 Å². The number of ether oxygens (including phenoxy) is 1. The zero-order valence-corrected chi connectivity index (χ0v) is 16.1. The lowest BCUT2D eigenvalue weighted by Crippen LogP contribution is -2.31. The van der Waals surface area contributed by atoms with Crippen molar-refractivity contribution in [2.24, 2.45) is 0 Å². The molecular weight excluding hydrogens is 372 g/mol. The topological polar surface area (TPSA) is 61.2 Å². The van der Waals surface area contributed by atoms with Gasteiger partial charge in [-0.05, 0) is 30.5 Å². The Morgan fingerprint density at radius 3 is 2.69 bits per heavy atom. The Morgan fingerprint density at radius 2 is 2.04 bits per heavy atom. The molecule has 5 nitrogen and oxygen atoms in total. The first-order valence-corrected chi connectivity index (χ1v) is 9.73. The number of aromatic nitrogens is 2. The number of fused-ring (bicyclic) bond motifs is 1. The Labute approximate surface area is 160 Å². The van der Waals surface area contributed by atoms with E-state index in [1.807, 2.05) is 31.4 Å². The molecule has 7 heteroatoms. The van der Waals surface area contributed by atoms with Crippen molar-refractivity contribution in [2.45, 2.75) is 32.7 Å². The summed E-state index contributed by atoms with van der Waals surface area (Å²) in [4.78, 5) is 30.5. The maximum absolute atomic E-state index is 13.1. The minimum atomic E-state index is -0.677. The molecule has 3 aromatic rings. The van der Waals surface area contributed by atoms with Crippen LogP contribution in [0.3, 0.4) is 0 Å². The first-order valence-electron chi connectivity index (χ1n) is 8.47. The van der Waals surface area contributed by atoms with Crippen molar-refractivity contribution in [3.05, 3.63) is 51.3 Å². The summed E-state index contributed by atoms with van der Waals surface area (Å²) in [7, 11) is 0. The molecule has 0 aliphatic carbocycles. The third kappa shape index (κ3) is 3.52. The van der Waals surface area contributed by atoms with E-state index in [9.17, 15) is 9.59 Å². The zero-order chi connectivity index (χ0) is 18.7. The van der Waals surface area contributed by atoms with Crippen molar-refractivity contribution in [1.82, 2.24) is 9.55 Å². The van der Waals surface area contributed by atoms with Gasteiger partial charge in [0.15, 0.2) is 0 Å². The van der Waals surface area contributed by atoms with Crippen molar-refractivity contribution in [3.63, 3.8) is 0 Å². The molecule has 0 bridgehead atoms. The lowest BCUT2D eigenvalue weighted by molar-refractivity contribution is -0.147. The molecule has 1 unspecified atom stereocenters. The van der Waals surface area contributed by atoms with Gasteiger partial charge in [-0.25, -0.2) is 9.78 Å². The lowest BCUT2D eigenvalue weighted by Gasteiger charge is -2.16. The van der Waals surface area contributed by atoms with Crippen LogP contribution in [0, 0.1) is 0 Å². The maximum atomic E-state index is 13.1. The molecule has 26 heavy (non-hydrogen) atoms. The van der Waals surface area contributed by atoms with Gasteiger partial charge < -0.3 is 4.74 Å². The molecule has 136 valence electrons. The molecule has 0 radical (unpaired) electrons. The van der Waals surface area contributed by atoms with Gasteiger partial charge >= 0.3 is 5.97 Å². The van der Waals surface area contributed by atoms with E-state index in [0.29, 0.717) is 28.3 Å². The average Bonchev–Trinajstić information content (AvgIpc) is 3.08. The standard InChI is InChI=1S/C19H19ClN2O3S/c1-3-9-25-19(24)15(4-2)22-11-21-17-16(18(22)23)14(10-26-17)12-5-7-13(20)8-6-12/h5-8,10-11,15H,3-4,9H2,1-2H3. The van der Waals surface area contributed by atoms with Crippen LogP contribution in [0.15, 0.2) is 40.8 Å². The number of benzene rings is 1. The molecule has 0 N–H and O–H groups in total. The number of carbonyl (C=O) groups excluding carboxylic acids is 1. The highest BCUT2D eigenvalue weighted by Crippen LogP contribution is 2.31. The Kier molecular flexibility index (Phi) is 5.74. The maximum Gasteiger partial charge on any atom is 0.329 e. The molecule has 0 spiro atoms. The minimum Gasteiger partial charge on any atom is -0.464 e. The van der Waals surface area contributed by atoms with Crippen molar-refractivity contribution in [1.29, 1.82) is 0 Å². The number of hydrogen-bond acceptors (Lipinski definition) is 5. The summed E-state index contributed by atoms with van der Waals surface area (Å²) in [5.74, 6) is -0.402. The van der Waals surface area contributed by atoms with Gasteiger partial charge in [-0.2, -0.15) is 0 Å². The second kappa shape index (κ2) is 8.01. The summed E-state index contributed by atoms with van der Waals surface area (Å²) in [6.45, 7) is 4.12. The second-order valence-corrected chi connectivity index (χ2v) is 7.18. The molecule has 3 rings (SSSR count). The third-order valence-corrected chi connectivity index (χ3v) is 5.26. The van der Waals surface area contributed by atoms with Gasteiger partial charge in [-0.3, -0.25) is 9.36 Å². The van der Waals surface area contributed by atoms with Crippen LogP contribution >= 0.6 is 22.9 Å². The van der Waals surface area contributed by atoms with Crippen LogP contribution in [0.4, 0.5) is 0 Å². The van der Waals surface area contributed by atoms with E-state index in [2.05, 4.69) is 4.98 Å². The second-order valence-electron chi connectivity index (χ2n) is 5.88. The fraction of sp³-hybridized carbons (Fsp3) is 0.316. The van der Waals surface area contributed by atoms with Crippen LogP contribution in [0.5, 0.6) is 0 Å². The van der Waals surface area contributed by atoms with E-state index < -0.39 is 12.0 Å². The van der Waals surface area contributed by atoms with E-state index in [0.717, 1.165) is 17.5 Å². The number of carbonyl (C=O) groups is 1. The smallest absolute Gasteiger partial charge is 0.329 e. The molecular formula is C19H19ClN2O3S. The molecule has 0 saturated heterocycles. The van der Waals surface area contributed by atoms with Crippen molar-refractivity contribution in [3.8, 4) is 11.1 Å². The predicted molar refractivity (Wildman–Crippen MR) is 105 cm³/mol. The number of halogens is 1. The van der Waals surface area contributed by atoms with Crippen molar-refractivity contribution < 1.29 is 9.53 Å². The Bertz CT molecular complexity index is 979. The molecule has 2 aromatic heterocycles. The Hall–Kier alpha value is -2.18. The average molecular weight is 391 g/mol. The normalized spacial score (nSPS) is 12.3. The fourth-order valence-electron chi connectivity index (χ4n) is 2.79. The number of esters is 1. The van der Waals surface area contributed by atoms with Crippen molar-refractivity contribution in [2.75, 3.05) is 6.61 Å². The molecule has 0 aliphatic heterocycles. The van der Waals surface area contributed by atoms with E-state index >= 15 is 0 Å². The summed E-state index contributed by atoms with van der Waals surface area (Å²) in [6.07, 6.45) is 2.63. The highest BCUT2D eigenvalue weighted by Gasteiger charge is 2.23. The van der Waals surface area contributed by atoms with Crippen LogP contribution in [0.2, 0.25) is 5.02 Å². The summed E-state index contributed by atoms with van der Waals surface area (Å²) >= 11 is 7.36. The molecule has 0 fully saturated rings. The first-order chi connectivity index (χ1) is 12.6. The molecule has 0 amide bonds. The quantitative estimate of drug-likeness (QED) is 0.573. The van der Waals surface area contributed by atoms with Gasteiger partial charge in [0.05, 0.1) is 18.3 Å². The summed E-state index contributed by atoms with van der Waals surface area (Å²) < 4.78 is 6.62. The highest BCUT2D eigenvalue weighted by molar-refractivity contribution is 7.17. The van der Waals surface area contributed by atoms with E-state index in [4.69, 9.17) is 16.3 Å². The number of thiophene rings is 1. The van der Waals surface area contributed by atoms with Gasteiger partial charge in [0, 0.05) is 16.0 Å². The lowest BCUT2D eigenvalue weighted by atomic mass is 10.1. The first kappa shape index (κ1) is 18.6. The number of rotatable bonds is 6. The van der Waals surface area contributed by atoms with E-state index in [1.165, 1.54) is 22.2 Å². The van der Waals surface area contributed by atoms with Gasteiger partial charge in [-0.1, -0.05) is 37.6 Å². The van der Waals surface area contributed by atoms with Crippen LogP contribution in [0.25, 0.3) is 21.3 Å². The number of hydrogen-bond donors (Lipinski definition) is 0. The predicted octanol–water partition coefficient (Wildman–Crippen LogP) is 4.68. The monoisotopic (exact) mass is 390 g/mol. The summed E-state index contributed by atoms with van der Waals surface area (Å²) in [5.41, 5.74) is 1.45. The zero-order valence-electron chi connectivity index (χ0n) is 14.6. The van der Waals surface area contributed by atoms with Crippen LogP contribution in [-0.4, -0.2) is 22.1 Å². The van der Waals surface area contributed by atoms with Crippen molar-refractivity contribution >= 4 is 39.1 Å². The van der Waals surface area contributed by atoms with Crippen LogP contribution in [-0.2, 0) is 9.53 Å². The van der Waals surface area contributed by atoms with Crippen LogP contribution in [0.1, 0.15) is 32.7 Å². The number of nitrogens with zero attached hydrogens (tertiary/aromatic N) is 2. The molecule has 0 aliphatic rings. The summed E-state index contributed by atoms with van der Waals surface area (Å²) in [6, 6.07) is 6.63. The molecule has 1 aromatic carbocycles. The Morgan fingerprint density at radius 1 is 1.31 bits per heavy atom. The Balaban J connectivity index is 2.10. The van der Waals surface area contributed by atoms with Gasteiger partial charge in [0.2, 0.25) is 0 Å². The molecule has 2 heterocycles. The minimum absolute atomic E-state index is 0.235. The SMILES string of the molecule is CCCOC(=O)C(CC)n1cnc2scc(-c3ccc(Cl)cc3)c2c1=O. The molecule has 0 saturated carbocycles.